The van der Waals surface area contributed by atoms with Gasteiger partial charge in [0, 0.05) is 16.7 Å². The molecule has 1 fully saturated rings. The predicted octanol–water partition coefficient (Wildman–Crippen LogP) is 1.80. The average molecular weight is 316 g/mol. The summed E-state index contributed by atoms with van der Waals surface area (Å²) in [6, 6.07) is 2.21. The molecule has 1 aromatic heterocycles. The molecule has 1 saturated carbocycles. The van der Waals surface area contributed by atoms with Crippen molar-refractivity contribution in [3.8, 4) is 11.9 Å². The fourth-order valence-electron chi connectivity index (χ4n) is 3.83. The monoisotopic (exact) mass is 316 g/mol. The van der Waals surface area contributed by atoms with Crippen molar-refractivity contribution >= 4 is 5.97 Å². The molecule has 1 aromatic rings. The third-order valence-corrected chi connectivity index (χ3v) is 4.90. The zero-order valence-electron chi connectivity index (χ0n) is 13.3. The van der Waals surface area contributed by atoms with E-state index in [2.05, 4.69) is 16.3 Å². The van der Waals surface area contributed by atoms with Gasteiger partial charge < -0.3 is 15.2 Å². The minimum atomic E-state index is -0.521. The fraction of sp³-hybridized carbons (Fsp3) is 0.562. The van der Waals surface area contributed by atoms with Gasteiger partial charge in [-0.1, -0.05) is 0 Å². The van der Waals surface area contributed by atoms with E-state index in [0.717, 1.165) is 11.3 Å². The van der Waals surface area contributed by atoms with Crippen molar-refractivity contribution in [2.75, 3.05) is 6.61 Å². The number of aryl methyl sites for hydroxylation is 1. The number of nitriles is 1. The number of esters is 1. The number of aromatic amines is 1. The smallest absolute Gasteiger partial charge is 0.308 e. The summed E-state index contributed by atoms with van der Waals surface area (Å²) in [5.74, 6) is 0.268. The van der Waals surface area contributed by atoms with Crippen LogP contribution in [0.5, 0.6) is 5.88 Å². The Morgan fingerprint density at radius 1 is 1.57 bits per heavy atom. The minimum Gasteiger partial charge on any atom is -0.466 e. The van der Waals surface area contributed by atoms with Crippen molar-refractivity contribution in [1.82, 2.24) is 10.2 Å². The van der Waals surface area contributed by atoms with E-state index in [-0.39, 0.29) is 17.8 Å². The van der Waals surface area contributed by atoms with E-state index in [1.807, 2.05) is 6.92 Å². The van der Waals surface area contributed by atoms with Crippen LogP contribution in [0.15, 0.2) is 11.5 Å². The Hall–Kier alpha value is -2.49. The van der Waals surface area contributed by atoms with Crippen LogP contribution < -0.4 is 10.5 Å². The van der Waals surface area contributed by atoms with Crippen molar-refractivity contribution in [1.29, 1.82) is 5.26 Å². The molecule has 1 aliphatic carbocycles. The Morgan fingerprint density at radius 2 is 2.26 bits per heavy atom. The molecule has 1 spiro atoms. The van der Waals surface area contributed by atoms with Gasteiger partial charge in [-0.3, -0.25) is 9.89 Å². The first kappa shape index (κ1) is 15.4. The molecule has 3 rings (SSSR count). The summed E-state index contributed by atoms with van der Waals surface area (Å²) < 4.78 is 10.6. The van der Waals surface area contributed by atoms with Crippen molar-refractivity contribution in [2.24, 2.45) is 11.7 Å². The van der Waals surface area contributed by atoms with Gasteiger partial charge in [-0.15, -0.1) is 5.10 Å². The first-order chi connectivity index (χ1) is 11.0. The number of nitrogens with two attached hydrogens (primary N) is 1. The van der Waals surface area contributed by atoms with Crippen LogP contribution in [0.4, 0.5) is 0 Å². The van der Waals surface area contributed by atoms with Gasteiger partial charge in [0.2, 0.25) is 11.8 Å². The minimum absolute atomic E-state index is 0.112. The number of carbonyl (C=O) groups is 1. The molecule has 0 saturated heterocycles. The number of nitrogens with one attached hydrogen (secondary N) is 1. The highest BCUT2D eigenvalue weighted by atomic mass is 16.5. The SMILES string of the molecule is CCOC(=O)C1CCC2(CC1)C(C#N)=C(N)Oc1n[nH]c(C)c12. The molecule has 0 unspecified atom stereocenters. The summed E-state index contributed by atoms with van der Waals surface area (Å²) in [5.41, 5.74) is 7.64. The third kappa shape index (κ3) is 2.25. The summed E-state index contributed by atoms with van der Waals surface area (Å²) in [4.78, 5) is 12.0. The van der Waals surface area contributed by atoms with Gasteiger partial charge in [-0.05, 0) is 39.5 Å². The van der Waals surface area contributed by atoms with Crippen molar-refractivity contribution in [3.05, 3.63) is 22.7 Å². The number of H-pyrrole nitrogens is 1. The summed E-state index contributed by atoms with van der Waals surface area (Å²) in [6.45, 7) is 4.10. The lowest BCUT2D eigenvalue weighted by molar-refractivity contribution is -0.149. The van der Waals surface area contributed by atoms with Gasteiger partial charge >= 0.3 is 5.97 Å². The number of nitrogens with zero attached hydrogens (tertiary/aromatic N) is 2. The molecule has 1 aliphatic heterocycles. The molecule has 0 aromatic carbocycles. The summed E-state index contributed by atoms with van der Waals surface area (Å²) in [6.07, 6.45) is 2.61. The van der Waals surface area contributed by atoms with Gasteiger partial charge in [0.1, 0.15) is 11.6 Å². The highest BCUT2D eigenvalue weighted by Crippen LogP contribution is 2.52. The zero-order valence-corrected chi connectivity index (χ0v) is 13.3. The Morgan fingerprint density at radius 3 is 2.87 bits per heavy atom. The van der Waals surface area contributed by atoms with Crippen LogP contribution in [0, 0.1) is 24.2 Å². The highest BCUT2D eigenvalue weighted by Gasteiger charge is 2.49. The molecule has 2 heterocycles. The Labute approximate surface area is 134 Å². The number of aromatic nitrogens is 2. The Kier molecular flexibility index (Phi) is 3.76. The standard InChI is InChI=1S/C16H20N4O3/c1-3-22-15(21)10-4-6-16(7-5-10)11(8-17)13(18)23-14-12(16)9(2)19-20-14/h10H,3-7,18H2,1-2H3,(H,19,20). The summed E-state index contributed by atoms with van der Waals surface area (Å²) in [7, 11) is 0. The number of ether oxygens (including phenoxy) is 2. The van der Waals surface area contributed by atoms with Gasteiger partial charge in [0.05, 0.1) is 12.5 Å². The highest BCUT2D eigenvalue weighted by molar-refractivity contribution is 5.73. The largest absolute Gasteiger partial charge is 0.466 e. The first-order valence-corrected chi connectivity index (χ1v) is 7.83. The zero-order chi connectivity index (χ0) is 16.6. The molecule has 2 aliphatic rings. The maximum atomic E-state index is 12.0. The Bertz CT molecular complexity index is 705. The van der Waals surface area contributed by atoms with E-state index in [1.165, 1.54) is 0 Å². The molecule has 0 amide bonds. The quantitative estimate of drug-likeness (QED) is 0.804. The topological polar surface area (TPSA) is 114 Å². The van der Waals surface area contributed by atoms with E-state index in [9.17, 15) is 10.1 Å². The number of allylic oxidation sites excluding steroid dienone is 1. The van der Waals surface area contributed by atoms with E-state index in [1.54, 1.807) is 6.92 Å². The number of hydrogen-bond donors (Lipinski definition) is 2. The number of carbonyl (C=O) groups excluding carboxylic acids is 1. The average Bonchev–Trinajstić information content (AvgIpc) is 2.90. The normalized spacial score (nSPS) is 26.4. The lowest BCUT2D eigenvalue weighted by Gasteiger charge is -2.41. The van der Waals surface area contributed by atoms with E-state index in [4.69, 9.17) is 15.2 Å². The molecular weight excluding hydrogens is 296 g/mol. The van der Waals surface area contributed by atoms with Gasteiger partial charge in [0.15, 0.2) is 0 Å². The van der Waals surface area contributed by atoms with Crippen molar-refractivity contribution < 1.29 is 14.3 Å². The van der Waals surface area contributed by atoms with E-state index in [0.29, 0.717) is 43.7 Å². The predicted molar refractivity (Wildman–Crippen MR) is 81.0 cm³/mol. The Balaban J connectivity index is 1.96. The van der Waals surface area contributed by atoms with Crippen LogP contribution in [0.2, 0.25) is 0 Å². The maximum Gasteiger partial charge on any atom is 0.308 e. The molecule has 23 heavy (non-hydrogen) atoms. The lowest BCUT2D eigenvalue weighted by Crippen LogP contribution is -2.40. The van der Waals surface area contributed by atoms with Crippen LogP contribution in [0.1, 0.15) is 43.9 Å². The van der Waals surface area contributed by atoms with E-state index >= 15 is 0 Å². The summed E-state index contributed by atoms with van der Waals surface area (Å²) >= 11 is 0. The maximum absolute atomic E-state index is 12.0. The second-order valence-electron chi connectivity index (χ2n) is 6.09. The lowest BCUT2D eigenvalue weighted by atomic mass is 9.62. The molecule has 0 radical (unpaired) electrons. The molecule has 0 atom stereocenters. The summed E-state index contributed by atoms with van der Waals surface area (Å²) in [5, 5.41) is 16.7. The van der Waals surface area contributed by atoms with Crippen LogP contribution >= 0.6 is 0 Å². The second kappa shape index (κ2) is 5.61. The van der Waals surface area contributed by atoms with Gasteiger partial charge in [-0.2, -0.15) is 5.26 Å². The molecule has 3 N–H and O–H groups in total. The fourth-order valence-corrected chi connectivity index (χ4v) is 3.83. The van der Waals surface area contributed by atoms with Crippen molar-refractivity contribution in [3.63, 3.8) is 0 Å². The second-order valence-corrected chi connectivity index (χ2v) is 6.09. The molecular formula is C16H20N4O3. The van der Waals surface area contributed by atoms with E-state index < -0.39 is 5.41 Å². The molecule has 0 bridgehead atoms. The van der Waals surface area contributed by atoms with Gasteiger partial charge in [0.25, 0.3) is 0 Å². The third-order valence-electron chi connectivity index (χ3n) is 4.90. The van der Waals surface area contributed by atoms with Crippen LogP contribution in [-0.2, 0) is 14.9 Å². The van der Waals surface area contributed by atoms with Crippen molar-refractivity contribution in [2.45, 2.75) is 44.9 Å². The number of fused-ring (bicyclic) bond motifs is 2. The van der Waals surface area contributed by atoms with Crippen LogP contribution in [0.3, 0.4) is 0 Å². The molecule has 7 nitrogen and oxygen atoms in total. The number of rotatable bonds is 2. The molecule has 7 heteroatoms. The molecule has 122 valence electrons. The number of hydrogen-bond acceptors (Lipinski definition) is 6. The van der Waals surface area contributed by atoms with Gasteiger partial charge in [-0.25, -0.2) is 0 Å². The van der Waals surface area contributed by atoms with Crippen LogP contribution in [0.25, 0.3) is 0 Å². The first-order valence-electron chi connectivity index (χ1n) is 7.83. The van der Waals surface area contributed by atoms with Crippen LogP contribution in [-0.4, -0.2) is 22.8 Å².